The molecule has 1 unspecified atom stereocenters. The highest BCUT2D eigenvalue weighted by Crippen LogP contribution is 2.27. The van der Waals surface area contributed by atoms with Crippen LogP contribution in [0.25, 0.3) is 0 Å². The van der Waals surface area contributed by atoms with E-state index in [4.69, 9.17) is 10.6 Å². The van der Waals surface area contributed by atoms with E-state index < -0.39 is 6.10 Å². The molecule has 0 heterocycles. The summed E-state index contributed by atoms with van der Waals surface area (Å²) in [5.41, 5.74) is 4.27. The van der Waals surface area contributed by atoms with Crippen molar-refractivity contribution >= 4 is 21.8 Å². The van der Waals surface area contributed by atoms with Gasteiger partial charge < -0.3 is 4.74 Å². The van der Waals surface area contributed by atoms with Crippen LogP contribution >= 0.6 is 15.9 Å². The molecule has 1 aromatic rings. The molecule has 0 radical (unpaired) electrons. The van der Waals surface area contributed by atoms with Gasteiger partial charge in [0.15, 0.2) is 6.10 Å². The molecule has 1 atom stereocenters. The van der Waals surface area contributed by atoms with E-state index in [1.807, 2.05) is 39.8 Å². The minimum absolute atomic E-state index is 0.0396. The lowest BCUT2D eigenvalue weighted by molar-refractivity contribution is -0.129. The van der Waals surface area contributed by atoms with Gasteiger partial charge in [-0.2, -0.15) is 0 Å². The Morgan fingerprint density at radius 3 is 2.22 bits per heavy atom. The summed E-state index contributed by atoms with van der Waals surface area (Å²) in [6.45, 7) is 7.80. The maximum atomic E-state index is 11.6. The van der Waals surface area contributed by atoms with E-state index >= 15 is 0 Å². The Morgan fingerprint density at radius 2 is 1.83 bits per heavy atom. The van der Waals surface area contributed by atoms with Gasteiger partial charge in [-0.25, -0.2) is 5.84 Å². The number of rotatable bonds is 4. The van der Waals surface area contributed by atoms with E-state index in [0.29, 0.717) is 5.75 Å². The first kappa shape index (κ1) is 15.0. The van der Waals surface area contributed by atoms with Gasteiger partial charge in [0.1, 0.15) is 5.75 Å². The van der Waals surface area contributed by atoms with Gasteiger partial charge in [-0.3, -0.25) is 10.2 Å². The van der Waals surface area contributed by atoms with Crippen LogP contribution in [0.15, 0.2) is 16.6 Å². The van der Waals surface area contributed by atoms with Gasteiger partial charge in [0.05, 0.1) is 0 Å². The van der Waals surface area contributed by atoms with E-state index in [9.17, 15) is 4.79 Å². The summed E-state index contributed by atoms with van der Waals surface area (Å²) < 4.78 is 6.79. The average Bonchev–Trinajstić information content (AvgIpc) is 2.31. The van der Waals surface area contributed by atoms with Crippen molar-refractivity contribution in [3.05, 3.63) is 27.7 Å². The van der Waals surface area contributed by atoms with Crippen LogP contribution in [0.2, 0.25) is 0 Å². The zero-order valence-electron chi connectivity index (χ0n) is 11.1. The zero-order valence-corrected chi connectivity index (χ0v) is 12.7. The van der Waals surface area contributed by atoms with Crippen LogP contribution in [0.1, 0.15) is 25.0 Å². The Hall–Kier alpha value is -1.07. The van der Waals surface area contributed by atoms with E-state index in [1.165, 1.54) is 0 Å². The Balaban J connectivity index is 2.98. The van der Waals surface area contributed by atoms with Crippen LogP contribution in [0.4, 0.5) is 0 Å². The van der Waals surface area contributed by atoms with Crippen LogP contribution in [-0.2, 0) is 4.79 Å². The monoisotopic (exact) mass is 314 g/mol. The first-order valence-corrected chi connectivity index (χ1v) is 6.60. The van der Waals surface area contributed by atoms with Crippen molar-refractivity contribution in [2.24, 2.45) is 11.8 Å². The van der Waals surface area contributed by atoms with Crippen LogP contribution < -0.4 is 16.0 Å². The Labute approximate surface area is 116 Å². The minimum atomic E-state index is -0.588. The van der Waals surface area contributed by atoms with Crippen molar-refractivity contribution in [1.29, 1.82) is 0 Å². The molecule has 0 aliphatic heterocycles. The highest BCUT2D eigenvalue weighted by atomic mass is 79.9. The van der Waals surface area contributed by atoms with Gasteiger partial charge in [-0.05, 0) is 43.0 Å². The summed E-state index contributed by atoms with van der Waals surface area (Å²) in [7, 11) is 0. The molecule has 3 N–H and O–H groups in total. The number of amides is 1. The lowest BCUT2D eigenvalue weighted by atomic mass is 10.1. The molecule has 0 bridgehead atoms. The third-order valence-corrected chi connectivity index (χ3v) is 3.93. The van der Waals surface area contributed by atoms with Crippen LogP contribution in [-0.4, -0.2) is 12.0 Å². The van der Waals surface area contributed by atoms with Gasteiger partial charge in [-0.1, -0.05) is 29.8 Å². The van der Waals surface area contributed by atoms with Crippen LogP contribution in [0.5, 0.6) is 5.75 Å². The molecule has 0 aliphatic carbocycles. The van der Waals surface area contributed by atoms with Gasteiger partial charge in [0, 0.05) is 4.47 Å². The number of carbonyl (C=O) groups excluding carboxylic acids is 1. The first-order valence-electron chi connectivity index (χ1n) is 5.80. The fourth-order valence-corrected chi connectivity index (χ4v) is 1.92. The highest BCUT2D eigenvalue weighted by Gasteiger charge is 2.23. The van der Waals surface area contributed by atoms with Crippen molar-refractivity contribution in [3.8, 4) is 5.75 Å². The smallest absolute Gasteiger partial charge is 0.275 e. The second kappa shape index (κ2) is 6.20. The summed E-state index contributed by atoms with van der Waals surface area (Å²) in [5.74, 6) is 5.56. The standard InChI is InChI=1S/C13H19BrN2O2/c1-7(2)12(13(17)16-15)18-10-5-8(3)11(14)9(4)6-10/h5-7,12H,15H2,1-4H3,(H,16,17). The third-order valence-electron chi connectivity index (χ3n) is 2.68. The Morgan fingerprint density at radius 1 is 1.33 bits per heavy atom. The van der Waals surface area contributed by atoms with Crippen molar-refractivity contribution in [1.82, 2.24) is 5.43 Å². The quantitative estimate of drug-likeness (QED) is 0.510. The van der Waals surface area contributed by atoms with Gasteiger partial charge >= 0.3 is 0 Å². The molecule has 100 valence electrons. The van der Waals surface area contributed by atoms with Crippen LogP contribution in [0, 0.1) is 19.8 Å². The molecule has 5 heteroatoms. The number of halogens is 1. The molecular formula is C13H19BrN2O2. The SMILES string of the molecule is Cc1cc(OC(C(=O)NN)C(C)C)cc(C)c1Br. The third kappa shape index (κ3) is 3.46. The number of hydrazine groups is 1. The fourth-order valence-electron chi connectivity index (χ4n) is 1.70. The largest absolute Gasteiger partial charge is 0.480 e. The molecule has 0 saturated carbocycles. The summed E-state index contributed by atoms with van der Waals surface area (Å²) in [5, 5.41) is 0. The lowest BCUT2D eigenvalue weighted by Gasteiger charge is -2.21. The topological polar surface area (TPSA) is 64.3 Å². The maximum Gasteiger partial charge on any atom is 0.275 e. The maximum absolute atomic E-state index is 11.6. The number of ether oxygens (including phenoxy) is 1. The lowest BCUT2D eigenvalue weighted by Crippen LogP contribution is -2.44. The van der Waals surface area contributed by atoms with E-state index in [0.717, 1.165) is 15.6 Å². The Bertz CT molecular complexity index is 424. The molecule has 1 amide bonds. The number of benzene rings is 1. The van der Waals surface area contributed by atoms with Crippen molar-refractivity contribution in [2.75, 3.05) is 0 Å². The van der Waals surface area contributed by atoms with Crippen LogP contribution in [0.3, 0.4) is 0 Å². The molecule has 1 rings (SSSR count). The van der Waals surface area contributed by atoms with E-state index in [-0.39, 0.29) is 11.8 Å². The molecule has 18 heavy (non-hydrogen) atoms. The van der Waals surface area contributed by atoms with Gasteiger partial charge in [0.2, 0.25) is 0 Å². The molecule has 0 fully saturated rings. The van der Waals surface area contributed by atoms with E-state index in [2.05, 4.69) is 21.4 Å². The van der Waals surface area contributed by atoms with Gasteiger partial charge in [-0.15, -0.1) is 0 Å². The predicted molar refractivity (Wildman–Crippen MR) is 75.2 cm³/mol. The first-order chi connectivity index (χ1) is 8.36. The van der Waals surface area contributed by atoms with E-state index in [1.54, 1.807) is 0 Å². The minimum Gasteiger partial charge on any atom is -0.480 e. The highest BCUT2D eigenvalue weighted by molar-refractivity contribution is 9.10. The van der Waals surface area contributed by atoms with Crippen molar-refractivity contribution in [3.63, 3.8) is 0 Å². The molecule has 0 aromatic heterocycles. The number of aryl methyl sites for hydroxylation is 2. The zero-order chi connectivity index (χ0) is 13.9. The number of hydrogen-bond donors (Lipinski definition) is 2. The number of hydrogen-bond acceptors (Lipinski definition) is 3. The van der Waals surface area contributed by atoms with Crippen molar-refractivity contribution < 1.29 is 9.53 Å². The summed E-state index contributed by atoms with van der Waals surface area (Å²) in [6, 6.07) is 3.80. The number of carbonyl (C=O) groups is 1. The molecule has 4 nitrogen and oxygen atoms in total. The second-order valence-electron chi connectivity index (χ2n) is 4.66. The fraction of sp³-hybridized carbons (Fsp3) is 0.462. The Kier molecular flexibility index (Phi) is 5.16. The molecular weight excluding hydrogens is 296 g/mol. The normalized spacial score (nSPS) is 12.4. The molecule has 0 spiro atoms. The molecule has 1 aromatic carbocycles. The average molecular weight is 315 g/mol. The summed E-state index contributed by atoms with van der Waals surface area (Å²) in [6.07, 6.45) is -0.588. The van der Waals surface area contributed by atoms with Crippen molar-refractivity contribution in [2.45, 2.75) is 33.8 Å². The summed E-state index contributed by atoms with van der Waals surface area (Å²) in [4.78, 5) is 11.6. The molecule has 0 saturated heterocycles. The number of nitrogens with two attached hydrogens (primary N) is 1. The van der Waals surface area contributed by atoms with Gasteiger partial charge in [0.25, 0.3) is 5.91 Å². The summed E-state index contributed by atoms with van der Waals surface area (Å²) >= 11 is 3.50. The molecule has 0 aliphatic rings. The number of nitrogens with one attached hydrogen (secondary N) is 1. The predicted octanol–water partition coefficient (Wildman–Crippen LogP) is 2.46. The second-order valence-corrected chi connectivity index (χ2v) is 5.46.